The summed E-state index contributed by atoms with van der Waals surface area (Å²) in [6.45, 7) is 8.51. The Morgan fingerprint density at radius 2 is 1.48 bits per heavy atom. The molecular weight excluding hydrogens is 286 g/mol. The molecule has 3 rings (SSSR count). The first kappa shape index (κ1) is 15.5. The summed E-state index contributed by atoms with van der Waals surface area (Å²) in [5, 5.41) is 2.45. The van der Waals surface area contributed by atoms with Gasteiger partial charge in [0.1, 0.15) is 0 Å². The van der Waals surface area contributed by atoms with Crippen LogP contribution in [0, 0.1) is 0 Å². The van der Waals surface area contributed by atoms with Crippen LogP contribution in [0.15, 0.2) is 36.4 Å². The summed E-state index contributed by atoms with van der Waals surface area (Å²) in [6.07, 6.45) is 0. The summed E-state index contributed by atoms with van der Waals surface area (Å²) in [6, 6.07) is 11.8. The first-order chi connectivity index (χ1) is 10.9. The van der Waals surface area contributed by atoms with Crippen LogP contribution >= 0.6 is 0 Å². The summed E-state index contributed by atoms with van der Waals surface area (Å²) >= 11 is 0. The van der Waals surface area contributed by atoms with E-state index in [4.69, 9.17) is 0 Å². The Labute approximate surface area is 136 Å². The fourth-order valence-corrected chi connectivity index (χ4v) is 3.37. The number of amides is 2. The number of rotatable bonds is 3. The summed E-state index contributed by atoms with van der Waals surface area (Å²) in [4.78, 5) is 24.6. The van der Waals surface area contributed by atoms with E-state index in [-0.39, 0.29) is 23.7 Å². The van der Waals surface area contributed by atoms with E-state index in [1.54, 1.807) is 0 Å². The number of fused-ring (bicyclic) bond motifs is 1. The Morgan fingerprint density at radius 1 is 0.826 bits per heavy atom. The quantitative estimate of drug-likeness (QED) is 0.850. The Hall–Kier alpha value is -2.42. The van der Waals surface area contributed by atoms with Crippen molar-refractivity contribution in [3.8, 4) is 11.1 Å². The van der Waals surface area contributed by atoms with Crippen molar-refractivity contribution in [2.75, 3.05) is 0 Å². The van der Waals surface area contributed by atoms with Gasteiger partial charge in [-0.2, -0.15) is 0 Å². The van der Waals surface area contributed by atoms with Crippen molar-refractivity contribution in [3.05, 3.63) is 58.7 Å². The van der Waals surface area contributed by atoms with E-state index >= 15 is 0 Å². The first-order valence-corrected chi connectivity index (χ1v) is 8.03. The number of nitrogens with one attached hydrogen (secondary N) is 1. The van der Waals surface area contributed by atoms with Crippen LogP contribution in [0.1, 0.15) is 71.4 Å². The van der Waals surface area contributed by atoms with Crippen LogP contribution in [-0.4, -0.2) is 11.8 Å². The Balaban J connectivity index is 2.46. The lowest BCUT2D eigenvalue weighted by atomic mass is 9.80. The number of hydrogen-bond acceptors (Lipinski definition) is 2. The van der Waals surface area contributed by atoms with Gasteiger partial charge in [-0.25, -0.2) is 0 Å². The SMILES string of the molecule is CC(C)c1cc2c(c(-c3ccccc3)c1C(C)C)C(=O)NC2=O. The van der Waals surface area contributed by atoms with Crippen molar-refractivity contribution in [1.82, 2.24) is 5.32 Å². The third-order valence-electron chi connectivity index (χ3n) is 4.36. The van der Waals surface area contributed by atoms with Crippen molar-refractivity contribution >= 4 is 11.8 Å². The van der Waals surface area contributed by atoms with Crippen molar-refractivity contribution in [1.29, 1.82) is 0 Å². The zero-order valence-electron chi connectivity index (χ0n) is 13.9. The molecule has 1 N–H and O–H groups in total. The third kappa shape index (κ3) is 2.46. The molecule has 0 bridgehead atoms. The molecule has 0 aliphatic carbocycles. The lowest BCUT2D eigenvalue weighted by Crippen LogP contribution is -2.20. The molecule has 118 valence electrons. The van der Waals surface area contributed by atoms with Gasteiger partial charge in [0.25, 0.3) is 11.8 Å². The molecule has 0 unspecified atom stereocenters. The van der Waals surface area contributed by atoms with Gasteiger partial charge >= 0.3 is 0 Å². The van der Waals surface area contributed by atoms with Crippen LogP contribution in [0.3, 0.4) is 0 Å². The molecule has 1 aliphatic rings. The molecule has 0 saturated carbocycles. The standard InChI is InChI=1S/C20H21NO2/c1-11(2)14-10-15-18(20(23)21-19(15)22)17(16(14)12(3)4)13-8-6-5-7-9-13/h5-12H,1-4H3,(H,21,22,23). The highest BCUT2D eigenvalue weighted by atomic mass is 16.2. The topological polar surface area (TPSA) is 46.2 Å². The van der Waals surface area contributed by atoms with Crippen LogP contribution in [0.4, 0.5) is 0 Å². The normalized spacial score (nSPS) is 13.7. The molecule has 3 nitrogen and oxygen atoms in total. The highest BCUT2D eigenvalue weighted by Crippen LogP contribution is 2.41. The van der Waals surface area contributed by atoms with Gasteiger partial charge in [0.05, 0.1) is 11.1 Å². The second-order valence-corrected chi connectivity index (χ2v) is 6.64. The molecule has 2 aromatic carbocycles. The van der Waals surface area contributed by atoms with Gasteiger partial charge in [-0.3, -0.25) is 14.9 Å². The summed E-state index contributed by atoms with van der Waals surface area (Å²) < 4.78 is 0. The van der Waals surface area contributed by atoms with Crippen molar-refractivity contribution < 1.29 is 9.59 Å². The van der Waals surface area contributed by atoms with E-state index in [9.17, 15) is 9.59 Å². The molecule has 0 spiro atoms. The molecule has 23 heavy (non-hydrogen) atoms. The minimum Gasteiger partial charge on any atom is -0.288 e. The molecule has 3 heteroatoms. The Morgan fingerprint density at radius 3 is 2.04 bits per heavy atom. The maximum absolute atomic E-state index is 12.4. The highest BCUT2D eigenvalue weighted by Gasteiger charge is 2.34. The van der Waals surface area contributed by atoms with Crippen molar-refractivity contribution in [3.63, 3.8) is 0 Å². The fourth-order valence-electron chi connectivity index (χ4n) is 3.37. The predicted molar refractivity (Wildman–Crippen MR) is 91.9 cm³/mol. The summed E-state index contributed by atoms with van der Waals surface area (Å²) in [5.74, 6) is -0.0412. The Bertz CT molecular complexity index is 789. The van der Waals surface area contributed by atoms with E-state index in [0.29, 0.717) is 11.1 Å². The monoisotopic (exact) mass is 307 g/mol. The van der Waals surface area contributed by atoms with Crippen molar-refractivity contribution in [2.24, 2.45) is 0 Å². The zero-order valence-corrected chi connectivity index (χ0v) is 13.9. The van der Waals surface area contributed by atoms with E-state index < -0.39 is 0 Å². The minimum absolute atomic E-state index is 0.261. The maximum atomic E-state index is 12.4. The van der Waals surface area contributed by atoms with Crippen LogP contribution in [0.2, 0.25) is 0 Å². The average Bonchev–Trinajstić information content (AvgIpc) is 2.80. The van der Waals surface area contributed by atoms with Crippen molar-refractivity contribution in [2.45, 2.75) is 39.5 Å². The molecule has 0 atom stereocenters. The minimum atomic E-state index is -0.292. The van der Waals surface area contributed by atoms with E-state index in [1.165, 1.54) is 0 Å². The van der Waals surface area contributed by atoms with Crippen LogP contribution < -0.4 is 5.32 Å². The van der Waals surface area contributed by atoms with Gasteiger partial charge in [0.15, 0.2) is 0 Å². The van der Waals surface area contributed by atoms with Crippen LogP contribution in [0.5, 0.6) is 0 Å². The van der Waals surface area contributed by atoms with Crippen LogP contribution in [-0.2, 0) is 0 Å². The number of benzene rings is 2. The number of imide groups is 1. The molecule has 0 radical (unpaired) electrons. The number of carbonyl (C=O) groups excluding carboxylic acids is 2. The van der Waals surface area contributed by atoms with Crippen LogP contribution in [0.25, 0.3) is 11.1 Å². The Kier molecular flexibility index (Phi) is 3.80. The maximum Gasteiger partial charge on any atom is 0.259 e. The summed E-state index contributed by atoms with van der Waals surface area (Å²) in [5.41, 5.74) is 5.22. The molecule has 0 aromatic heterocycles. The van der Waals surface area contributed by atoms with Gasteiger partial charge in [0.2, 0.25) is 0 Å². The fraction of sp³-hybridized carbons (Fsp3) is 0.300. The smallest absolute Gasteiger partial charge is 0.259 e. The van der Waals surface area contributed by atoms with Gasteiger partial charge in [-0.05, 0) is 40.2 Å². The molecule has 2 aromatic rings. The average molecular weight is 307 g/mol. The molecule has 2 amide bonds. The predicted octanol–water partition coefficient (Wildman–Crippen LogP) is 4.48. The van der Waals surface area contributed by atoms with E-state index in [0.717, 1.165) is 22.3 Å². The first-order valence-electron chi connectivity index (χ1n) is 8.03. The molecule has 1 aliphatic heterocycles. The molecule has 0 fully saturated rings. The number of carbonyl (C=O) groups is 2. The van der Waals surface area contributed by atoms with Gasteiger partial charge < -0.3 is 0 Å². The summed E-state index contributed by atoms with van der Waals surface area (Å²) in [7, 11) is 0. The highest BCUT2D eigenvalue weighted by molar-refractivity contribution is 6.24. The van der Waals surface area contributed by atoms with Gasteiger partial charge in [-0.15, -0.1) is 0 Å². The second kappa shape index (κ2) is 5.65. The number of hydrogen-bond donors (Lipinski definition) is 1. The van der Waals surface area contributed by atoms with E-state index in [2.05, 4.69) is 33.0 Å². The third-order valence-corrected chi connectivity index (χ3v) is 4.36. The second-order valence-electron chi connectivity index (χ2n) is 6.64. The lowest BCUT2D eigenvalue weighted by Gasteiger charge is -2.23. The van der Waals surface area contributed by atoms with Gasteiger partial charge in [0, 0.05) is 0 Å². The zero-order chi connectivity index (χ0) is 16.7. The lowest BCUT2D eigenvalue weighted by molar-refractivity contribution is 0.0880. The largest absolute Gasteiger partial charge is 0.288 e. The molecular formula is C20H21NO2. The van der Waals surface area contributed by atoms with Gasteiger partial charge in [-0.1, -0.05) is 58.0 Å². The van der Waals surface area contributed by atoms with E-state index in [1.807, 2.05) is 36.4 Å². The molecule has 0 saturated heterocycles. The molecule has 1 heterocycles.